The van der Waals surface area contributed by atoms with E-state index in [0.29, 0.717) is 12.4 Å². The Morgan fingerprint density at radius 3 is 2.42 bits per heavy atom. The smallest absolute Gasteiger partial charge is 0.144 e. The predicted octanol–water partition coefficient (Wildman–Crippen LogP) is 4.83. The molecule has 0 aromatic heterocycles. The summed E-state index contributed by atoms with van der Waals surface area (Å²) >= 11 is 0. The monoisotopic (exact) mass is 263 g/mol. The number of ether oxygens (including phenoxy) is 1. The van der Waals surface area contributed by atoms with Gasteiger partial charge in [-0.25, -0.2) is 4.39 Å². The molecule has 0 aliphatic heterocycles. The first-order valence-corrected chi connectivity index (χ1v) is 7.10. The molecule has 2 nitrogen and oxygen atoms in total. The normalized spacial score (nSPS) is 10.2. The van der Waals surface area contributed by atoms with Gasteiger partial charge in [0.1, 0.15) is 17.6 Å². The van der Waals surface area contributed by atoms with Crippen LogP contribution in [0.2, 0.25) is 0 Å². The van der Waals surface area contributed by atoms with E-state index < -0.39 is 5.82 Å². The molecule has 0 saturated heterocycles. The lowest BCUT2D eigenvalue weighted by Crippen LogP contribution is -1.98. The average Bonchev–Trinajstić information content (AvgIpc) is 2.42. The molecule has 0 N–H and O–H groups in total. The second-order valence-electron chi connectivity index (χ2n) is 4.72. The summed E-state index contributed by atoms with van der Waals surface area (Å²) < 4.78 is 18.8. The minimum Gasteiger partial charge on any atom is -0.493 e. The first-order chi connectivity index (χ1) is 9.27. The zero-order valence-electron chi connectivity index (χ0n) is 11.6. The van der Waals surface area contributed by atoms with Gasteiger partial charge in [-0.05, 0) is 18.6 Å². The van der Waals surface area contributed by atoms with Crippen molar-refractivity contribution in [2.45, 2.75) is 51.9 Å². The second kappa shape index (κ2) is 9.38. The number of halogens is 1. The maximum absolute atomic E-state index is 13.3. The van der Waals surface area contributed by atoms with Crippen LogP contribution in [0.1, 0.15) is 57.4 Å². The Balaban J connectivity index is 2.13. The van der Waals surface area contributed by atoms with Gasteiger partial charge in [-0.15, -0.1) is 0 Å². The molecule has 0 saturated carbocycles. The summed E-state index contributed by atoms with van der Waals surface area (Å²) in [5.41, 5.74) is 0.0586. The Morgan fingerprint density at radius 1 is 1.11 bits per heavy atom. The lowest BCUT2D eigenvalue weighted by atomic mass is 10.1. The number of benzene rings is 1. The minimum absolute atomic E-state index is 0.0586. The van der Waals surface area contributed by atoms with Crippen molar-refractivity contribution in [2.75, 3.05) is 6.61 Å². The topological polar surface area (TPSA) is 33.0 Å². The van der Waals surface area contributed by atoms with Crippen LogP contribution >= 0.6 is 0 Å². The van der Waals surface area contributed by atoms with Gasteiger partial charge in [-0.2, -0.15) is 5.26 Å². The van der Waals surface area contributed by atoms with Gasteiger partial charge in [-0.3, -0.25) is 0 Å². The van der Waals surface area contributed by atoms with E-state index in [1.807, 2.05) is 0 Å². The maximum atomic E-state index is 13.3. The van der Waals surface area contributed by atoms with Gasteiger partial charge in [0.2, 0.25) is 0 Å². The molecule has 0 heterocycles. The highest BCUT2D eigenvalue weighted by molar-refractivity contribution is 5.36. The molecule has 1 aromatic rings. The van der Waals surface area contributed by atoms with Crippen molar-refractivity contribution in [1.29, 1.82) is 5.26 Å². The molecule has 0 aliphatic carbocycles. The standard InChI is InChI=1S/C16H22FNO/c1-2-3-4-5-6-7-8-11-19-15-10-9-14(13-18)16(17)12-15/h9-10,12H,2-8,11H2,1H3. The van der Waals surface area contributed by atoms with Crippen LogP contribution in [0.3, 0.4) is 0 Å². The van der Waals surface area contributed by atoms with Crippen LogP contribution in [0.25, 0.3) is 0 Å². The van der Waals surface area contributed by atoms with Crippen LogP contribution in [0, 0.1) is 17.1 Å². The van der Waals surface area contributed by atoms with Crippen molar-refractivity contribution in [3.63, 3.8) is 0 Å². The Kier molecular flexibility index (Phi) is 7.65. The van der Waals surface area contributed by atoms with E-state index in [9.17, 15) is 4.39 Å². The molecule has 1 aromatic carbocycles. The van der Waals surface area contributed by atoms with Crippen molar-refractivity contribution in [1.82, 2.24) is 0 Å². The molecule has 3 heteroatoms. The van der Waals surface area contributed by atoms with Crippen LogP contribution in [0.15, 0.2) is 18.2 Å². The highest BCUT2D eigenvalue weighted by atomic mass is 19.1. The Morgan fingerprint density at radius 2 is 1.79 bits per heavy atom. The van der Waals surface area contributed by atoms with Gasteiger partial charge in [-0.1, -0.05) is 45.4 Å². The summed E-state index contributed by atoms with van der Waals surface area (Å²) in [4.78, 5) is 0. The molecule has 0 bridgehead atoms. The molecule has 0 atom stereocenters. The van der Waals surface area contributed by atoms with Crippen LogP contribution in [-0.4, -0.2) is 6.61 Å². The molecule has 0 aliphatic rings. The van der Waals surface area contributed by atoms with Crippen LogP contribution < -0.4 is 4.74 Å². The van der Waals surface area contributed by atoms with Crippen LogP contribution in [0.4, 0.5) is 4.39 Å². The molecule has 0 amide bonds. The van der Waals surface area contributed by atoms with E-state index in [4.69, 9.17) is 10.00 Å². The number of nitriles is 1. The lowest BCUT2D eigenvalue weighted by molar-refractivity contribution is 0.303. The van der Waals surface area contributed by atoms with Gasteiger partial charge < -0.3 is 4.74 Å². The fraction of sp³-hybridized carbons (Fsp3) is 0.562. The summed E-state index contributed by atoms with van der Waals surface area (Å²) in [6.45, 7) is 2.82. The molecule has 104 valence electrons. The average molecular weight is 263 g/mol. The van der Waals surface area contributed by atoms with Crippen molar-refractivity contribution in [3.05, 3.63) is 29.6 Å². The fourth-order valence-corrected chi connectivity index (χ4v) is 1.93. The first kappa shape index (κ1) is 15.5. The summed E-state index contributed by atoms with van der Waals surface area (Å²) in [6, 6.07) is 6.17. The molecule has 0 radical (unpaired) electrons. The van der Waals surface area contributed by atoms with Crippen LogP contribution in [-0.2, 0) is 0 Å². The van der Waals surface area contributed by atoms with E-state index in [1.165, 1.54) is 44.2 Å². The zero-order valence-corrected chi connectivity index (χ0v) is 11.6. The third-order valence-electron chi connectivity index (χ3n) is 3.08. The lowest BCUT2D eigenvalue weighted by Gasteiger charge is -2.06. The molecular weight excluding hydrogens is 241 g/mol. The van der Waals surface area contributed by atoms with Gasteiger partial charge >= 0.3 is 0 Å². The SMILES string of the molecule is CCCCCCCCCOc1ccc(C#N)c(F)c1. The first-order valence-electron chi connectivity index (χ1n) is 7.10. The van der Waals surface area contributed by atoms with Crippen molar-refractivity contribution in [2.24, 2.45) is 0 Å². The van der Waals surface area contributed by atoms with E-state index in [1.54, 1.807) is 12.1 Å². The highest BCUT2D eigenvalue weighted by Crippen LogP contribution is 2.16. The number of hydrogen-bond acceptors (Lipinski definition) is 2. The summed E-state index contributed by atoms with van der Waals surface area (Å²) in [7, 11) is 0. The highest BCUT2D eigenvalue weighted by Gasteiger charge is 2.03. The fourth-order valence-electron chi connectivity index (χ4n) is 1.93. The molecule has 0 unspecified atom stereocenters. The number of nitrogens with zero attached hydrogens (tertiary/aromatic N) is 1. The minimum atomic E-state index is -0.514. The van der Waals surface area contributed by atoms with Gasteiger partial charge in [0.05, 0.1) is 12.2 Å². The van der Waals surface area contributed by atoms with Gasteiger partial charge in [0, 0.05) is 6.07 Å². The largest absolute Gasteiger partial charge is 0.493 e. The molecule has 0 spiro atoms. The van der Waals surface area contributed by atoms with Crippen LogP contribution in [0.5, 0.6) is 5.75 Å². The van der Waals surface area contributed by atoms with E-state index >= 15 is 0 Å². The summed E-state index contributed by atoms with van der Waals surface area (Å²) in [5.74, 6) is -0.0120. The Labute approximate surface area is 115 Å². The van der Waals surface area contributed by atoms with Gasteiger partial charge in [0.25, 0.3) is 0 Å². The van der Waals surface area contributed by atoms with E-state index in [0.717, 1.165) is 12.8 Å². The number of hydrogen-bond donors (Lipinski definition) is 0. The number of unbranched alkanes of at least 4 members (excludes halogenated alkanes) is 6. The summed E-state index contributed by atoms with van der Waals surface area (Å²) in [5, 5.41) is 8.61. The quantitative estimate of drug-likeness (QED) is 0.598. The Bertz CT molecular complexity index is 412. The van der Waals surface area contributed by atoms with Crippen molar-refractivity contribution >= 4 is 0 Å². The maximum Gasteiger partial charge on any atom is 0.144 e. The second-order valence-corrected chi connectivity index (χ2v) is 4.72. The predicted molar refractivity (Wildman–Crippen MR) is 74.6 cm³/mol. The molecule has 1 rings (SSSR count). The third-order valence-corrected chi connectivity index (χ3v) is 3.08. The van der Waals surface area contributed by atoms with Gasteiger partial charge in [0.15, 0.2) is 0 Å². The van der Waals surface area contributed by atoms with Crippen molar-refractivity contribution < 1.29 is 9.13 Å². The van der Waals surface area contributed by atoms with E-state index in [2.05, 4.69) is 6.92 Å². The molecular formula is C16H22FNO. The zero-order chi connectivity index (χ0) is 13.9. The molecule has 0 fully saturated rings. The van der Waals surface area contributed by atoms with Crippen molar-refractivity contribution in [3.8, 4) is 11.8 Å². The van der Waals surface area contributed by atoms with E-state index in [-0.39, 0.29) is 5.56 Å². The Hall–Kier alpha value is -1.56. The number of rotatable bonds is 9. The molecule has 19 heavy (non-hydrogen) atoms. The third kappa shape index (κ3) is 6.24. The summed E-state index contributed by atoms with van der Waals surface area (Å²) in [6.07, 6.45) is 8.59.